The number of primary amides is 1. The molecule has 1 aromatic heterocycles. The van der Waals surface area contributed by atoms with E-state index in [2.05, 4.69) is 4.98 Å². The van der Waals surface area contributed by atoms with Gasteiger partial charge in [0.25, 0.3) is 5.91 Å². The minimum absolute atomic E-state index is 0.0780. The molecule has 0 aliphatic rings. The summed E-state index contributed by atoms with van der Waals surface area (Å²) in [5.74, 6) is -0.134. The van der Waals surface area contributed by atoms with Crippen molar-refractivity contribution in [2.75, 3.05) is 0 Å². The first-order valence-corrected chi connectivity index (χ1v) is 7.40. The van der Waals surface area contributed by atoms with Crippen molar-refractivity contribution in [3.8, 4) is 28.5 Å². The van der Waals surface area contributed by atoms with Crippen molar-refractivity contribution in [3.63, 3.8) is 0 Å². The van der Waals surface area contributed by atoms with E-state index >= 15 is 0 Å². The van der Waals surface area contributed by atoms with Gasteiger partial charge in [-0.2, -0.15) is 0 Å². The molecule has 0 unspecified atom stereocenters. The van der Waals surface area contributed by atoms with E-state index in [1.165, 1.54) is 18.3 Å². The van der Waals surface area contributed by atoms with Crippen LogP contribution in [-0.4, -0.2) is 22.3 Å². The summed E-state index contributed by atoms with van der Waals surface area (Å²) in [6.45, 7) is 0. The molecule has 3 N–H and O–H groups in total. The highest BCUT2D eigenvalue weighted by Crippen LogP contribution is 2.30. The molecule has 2 aromatic carbocycles. The van der Waals surface area contributed by atoms with E-state index in [1.807, 2.05) is 6.07 Å². The van der Waals surface area contributed by atoms with Crippen molar-refractivity contribution < 1.29 is 19.4 Å². The number of aldehydes is 1. The van der Waals surface area contributed by atoms with E-state index in [-0.39, 0.29) is 22.8 Å². The van der Waals surface area contributed by atoms with E-state index in [0.29, 0.717) is 12.0 Å². The first kappa shape index (κ1) is 16.2. The van der Waals surface area contributed by atoms with Gasteiger partial charge in [-0.25, -0.2) is 4.98 Å². The lowest BCUT2D eigenvalue weighted by Crippen LogP contribution is -2.12. The summed E-state index contributed by atoms with van der Waals surface area (Å²) in [4.78, 5) is 26.5. The summed E-state index contributed by atoms with van der Waals surface area (Å²) in [5.41, 5.74) is 7.21. The molecule has 6 heteroatoms. The molecule has 124 valence electrons. The van der Waals surface area contributed by atoms with Gasteiger partial charge in [0.1, 0.15) is 17.1 Å². The number of nitrogens with two attached hydrogens (primary N) is 1. The average Bonchev–Trinajstić information content (AvgIpc) is 2.62. The zero-order valence-electron chi connectivity index (χ0n) is 13.0. The fourth-order valence-corrected chi connectivity index (χ4v) is 2.34. The Hall–Kier alpha value is -3.67. The van der Waals surface area contributed by atoms with Crippen LogP contribution in [0.2, 0.25) is 0 Å². The Morgan fingerprint density at radius 3 is 2.64 bits per heavy atom. The van der Waals surface area contributed by atoms with E-state index < -0.39 is 5.91 Å². The molecule has 0 bridgehead atoms. The number of aromatic nitrogens is 1. The molecule has 3 rings (SSSR count). The molecular weight excluding hydrogens is 320 g/mol. The highest BCUT2D eigenvalue weighted by molar-refractivity contribution is 5.95. The van der Waals surface area contributed by atoms with Crippen LogP contribution in [0, 0.1) is 0 Å². The van der Waals surface area contributed by atoms with E-state index in [1.54, 1.807) is 36.4 Å². The second-order valence-corrected chi connectivity index (χ2v) is 5.24. The second kappa shape index (κ2) is 6.84. The maximum absolute atomic E-state index is 11.4. The Morgan fingerprint density at radius 1 is 1.08 bits per heavy atom. The van der Waals surface area contributed by atoms with Crippen molar-refractivity contribution in [3.05, 3.63) is 71.9 Å². The summed E-state index contributed by atoms with van der Waals surface area (Å²) in [7, 11) is 0. The summed E-state index contributed by atoms with van der Waals surface area (Å²) in [6, 6.07) is 14.9. The Bertz CT molecular complexity index is 954. The van der Waals surface area contributed by atoms with Gasteiger partial charge in [-0.3, -0.25) is 9.59 Å². The summed E-state index contributed by atoms with van der Waals surface area (Å²) < 4.78 is 5.68. The predicted molar refractivity (Wildman–Crippen MR) is 91.8 cm³/mol. The maximum atomic E-state index is 11.4. The van der Waals surface area contributed by atoms with Gasteiger partial charge >= 0.3 is 0 Å². The second-order valence-electron chi connectivity index (χ2n) is 5.24. The summed E-state index contributed by atoms with van der Waals surface area (Å²) in [5, 5.41) is 9.61. The Morgan fingerprint density at radius 2 is 1.88 bits per heavy atom. The van der Waals surface area contributed by atoms with E-state index in [9.17, 15) is 14.7 Å². The van der Waals surface area contributed by atoms with Gasteiger partial charge in [0, 0.05) is 6.20 Å². The molecule has 0 aliphatic carbocycles. The first-order valence-electron chi connectivity index (χ1n) is 7.40. The number of benzene rings is 2. The van der Waals surface area contributed by atoms with Crippen LogP contribution in [0.1, 0.15) is 20.7 Å². The van der Waals surface area contributed by atoms with E-state index in [4.69, 9.17) is 10.5 Å². The molecule has 0 spiro atoms. The predicted octanol–water partition coefficient (Wildman–Crippen LogP) is 3.16. The van der Waals surface area contributed by atoms with Crippen LogP contribution in [0.3, 0.4) is 0 Å². The van der Waals surface area contributed by atoms with Gasteiger partial charge in [0.15, 0.2) is 6.29 Å². The fraction of sp³-hybridized carbons (Fsp3) is 0. The van der Waals surface area contributed by atoms with Gasteiger partial charge in [-0.1, -0.05) is 18.2 Å². The van der Waals surface area contributed by atoms with Gasteiger partial charge < -0.3 is 15.6 Å². The number of pyridine rings is 1. The van der Waals surface area contributed by atoms with Crippen LogP contribution in [-0.2, 0) is 0 Å². The highest BCUT2D eigenvalue weighted by atomic mass is 16.5. The van der Waals surface area contributed by atoms with Crippen molar-refractivity contribution in [1.29, 1.82) is 0 Å². The zero-order valence-corrected chi connectivity index (χ0v) is 13.0. The molecule has 0 saturated heterocycles. The number of carbonyl (C=O) groups is 2. The van der Waals surface area contributed by atoms with Crippen LogP contribution in [0.5, 0.6) is 17.4 Å². The standard InChI is InChI=1S/C19H14N2O4/c20-18(24)16-5-2-8-21-19(16)25-15-4-1-3-12(10-15)13-6-7-17(23)14(9-13)11-22/h1-11,23H,(H2,20,24). The maximum Gasteiger partial charge on any atom is 0.254 e. The first-order chi connectivity index (χ1) is 12.1. The van der Waals surface area contributed by atoms with Gasteiger partial charge in [0.05, 0.1) is 5.56 Å². The number of hydrogen-bond acceptors (Lipinski definition) is 5. The lowest BCUT2D eigenvalue weighted by molar-refractivity contribution is 0.0997. The average molecular weight is 334 g/mol. The highest BCUT2D eigenvalue weighted by Gasteiger charge is 2.11. The van der Waals surface area contributed by atoms with Crippen LogP contribution in [0.25, 0.3) is 11.1 Å². The van der Waals surface area contributed by atoms with Crippen LogP contribution in [0.4, 0.5) is 0 Å². The topological polar surface area (TPSA) is 103 Å². The third-order valence-electron chi connectivity index (χ3n) is 3.57. The van der Waals surface area contributed by atoms with Crippen molar-refractivity contribution in [1.82, 2.24) is 4.98 Å². The van der Waals surface area contributed by atoms with Gasteiger partial charge in [-0.05, 0) is 47.5 Å². The number of nitrogens with zero attached hydrogens (tertiary/aromatic N) is 1. The van der Waals surface area contributed by atoms with Crippen LogP contribution < -0.4 is 10.5 Å². The van der Waals surface area contributed by atoms with Crippen LogP contribution >= 0.6 is 0 Å². The largest absolute Gasteiger partial charge is 0.507 e. The number of rotatable bonds is 5. The van der Waals surface area contributed by atoms with Crippen molar-refractivity contribution in [2.24, 2.45) is 5.73 Å². The Labute approximate surface area is 143 Å². The molecule has 0 radical (unpaired) electrons. The number of phenolic OH excluding ortho intramolecular Hbond substituents is 1. The molecule has 0 aliphatic heterocycles. The van der Waals surface area contributed by atoms with Gasteiger partial charge in [0.2, 0.25) is 5.88 Å². The lowest BCUT2D eigenvalue weighted by atomic mass is 10.0. The molecule has 1 heterocycles. The summed E-state index contributed by atoms with van der Waals surface area (Å²) >= 11 is 0. The smallest absolute Gasteiger partial charge is 0.254 e. The van der Waals surface area contributed by atoms with Crippen LogP contribution in [0.15, 0.2) is 60.8 Å². The molecule has 0 fully saturated rings. The fourth-order valence-electron chi connectivity index (χ4n) is 2.34. The van der Waals surface area contributed by atoms with Crippen molar-refractivity contribution in [2.45, 2.75) is 0 Å². The normalized spacial score (nSPS) is 10.2. The molecule has 0 atom stereocenters. The third-order valence-corrected chi connectivity index (χ3v) is 3.57. The SMILES string of the molecule is NC(=O)c1cccnc1Oc1cccc(-c2ccc(O)c(C=O)c2)c1. The summed E-state index contributed by atoms with van der Waals surface area (Å²) in [6.07, 6.45) is 2.09. The van der Waals surface area contributed by atoms with Gasteiger partial charge in [-0.15, -0.1) is 0 Å². The number of amides is 1. The third kappa shape index (κ3) is 3.48. The molecule has 25 heavy (non-hydrogen) atoms. The van der Waals surface area contributed by atoms with Crippen molar-refractivity contribution >= 4 is 12.2 Å². The van der Waals surface area contributed by atoms with E-state index in [0.717, 1.165) is 11.1 Å². The minimum atomic E-state index is -0.631. The molecule has 0 saturated carbocycles. The molecule has 6 nitrogen and oxygen atoms in total. The number of carbonyl (C=O) groups excluding carboxylic acids is 2. The number of hydrogen-bond donors (Lipinski definition) is 2. The molecular formula is C19H14N2O4. The monoisotopic (exact) mass is 334 g/mol. The zero-order chi connectivity index (χ0) is 17.8. The Kier molecular flexibility index (Phi) is 4.43. The molecule has 1 amide bonds. The number of phenols is 1. The quantitative estimate of drug-likeness (QED) is 0.698. The number of ether oxygens (including phenoxy) is 1. The molecule has 3 aromatic rings. The lowest BCUT2D eigenvalue weighted by Gasteiger charge is -2.10. The number of aromatic hydroxyl groups is 1. The Balaban J connectivity index is 1.95. The minimum Gasteiger partial charge on any atom is -0.507 e.